The molecule has 26 heavy (non-hydrogen) atoms. The number of thiazole rings is 1. The summed E-state index contributed by atoms with van der Waals surface area (Å²) < 4.78 is 2.90. The minimum Gasteiger partial charge on any atom is -0.308 e. The molecular formula is C19H25N5OS. The van der Waals surface area contributed by atoms with Crippen LogP contribution in [0.2, 0.25) is 0 Å². The number of hydrogen-bond donors (Lipinski definition) is 0. The lowest BCUT2D eigenvalue weighted by Gasteiger charge is -2.21. The van der Waals surface area contributed by atoms with Gasteiger partial charge in [-0.25, -0.2) is 4.98 Å². The average molecular weight is 372 g/mol. The van der Waals surface area contributed by atoms with Crippen LogP contribution in [0.4, 0.5) is 5.13 Å². The van der Waals surface area contributed by atoms with Crippen molar-refractivity contribution in [3.63, 3.8) is 0 Å². The molecule has 0 spiro atoms. The maximum absolute atomic E-state index is 13.1. The lowest BCUT2D eigenvalue weighted by Crippen LogP contribution is -2.37. The first-order valence-corrected chi connectivity index (χ1v) is 9.55. The third kappa shape index (κ3) is 3.94. The highest BCUT2D eigenvalue weighted by Gasteiger charge is 2.23. The van der Waals surface area contributed by atoms with Crippen molar-refractivity contribution in [1.82, 2.24) is 19.7 Å². The summed E-state index contributed by atoms with van der Waals surface area (Å²) >= 11 is 1.55. The standard InChI is InChI=1S/C19H25N5OS/c1-13(2)24-9-8-16(21-24)18(25)23(11-10-22(4)5)19-20-15-7-6-14(3)12-17(15)26-19/h6-9,12-13H,10-11H2,1-5H3. The second-order valence-electron chi connectivity index (χ2n) is 7.00. The van der Waals surface area contributed by atoms with Gasteiger partial charge in [0.1, 0.15) is 0 Å². The van der Waals surface area contributed by atoms with Gasteiger partial charge in [-0.3, -0.25) is 14.4 Å². The highest BCUT2D eigenvalue weighted by Crippen LogP contribution is 2.30. The molecule has 0 saturated carbocycles. The van der Waals surface area contributed by atoms with Crippen LogP contribution in [-0.2, 0) is 0 Å². The molecule has 0 saturated heterocycles. The van der Waals surface area contributed by atoms with Crippen LogP contribution in [0.5, 0.6) is 0 Å². The number of hydrogen-bond acceptors (Lipinski definition) is 5. The maximum atomic E-state index is 13.1. The van der Waals surface area contributed by atoms with Gasteiger partial charge >= 0.3 is 0 Å². The number of carbonyl (C=O) groups excluding carboxylic acids is 1. The number of rotatable bonds is 6. The Morgan fingerprint density at radius 1 is 1.23 bits per heavy atom. The Labute approximate surface area is 158 Å². The van der Waals surface area contributed by atoms with E-state index in [-0.39, 0.29) is 11.9 Å². The SMILES string of the molecule is Cc1ccc2nc(N(CCN(C)C)C(=O)c3ccn(C(C)C)n3)sc2c1. The van der Waals surface area contributed by atoms with Gasteiger partial charge in [-0.05, 0) is 58.6 Å². The quantitative estimate of drug-likeness (QED) is 0.664. The van der Waals surface area contributed by atoms with Gasteiger partial charge in [-0.2, -0.15) is 5.10 Å². The Balaban J connectivity index is 1.95. The second kappa shape index (κ2) is 7.55. The third-order valence-electron chi connectivity index (χ3n) is 4.14. The Hall–Kier alpha value is -2.25. The Morgan fingerprint density at radius 2 is 2.00 bits per heavy atom. The number of fused-ring (bicyclic) bond motifs is 1. The first kappa shape index (κ1) is 18.5. The predicted molar refractivity (Wildman–Crippen MR) is 107 cm³/mol. The Bertz CT molecular complexity index is 912. The Kier molecular flexibility index (Phi) is 5.38. The lowest BCUT2D eigenvalue weighted by atomic mass is 10.2. The van der Waals surface area contributed by atoms with E-state index in [2.05, 4.69) is 23.0 Å². The summed E-state index contributed by atoms with van der Waals surface area (Å²) in [4.78, 5) is 21.6. The summed E-state index contributed by atoms with van der Waals surface area (Å²) in [6, 6.07) is 8.16. The third-order valence-corrected chi connectivity index (χ3v) is 5.18. The van der Waals surface area contributed by atoms with Crippen molar-refractivity contribution in [3.05, 3.63) is 41.7 Å². The monoisotopic (exact) mass is 371 g/mol. The molecule has 6 nitrogen and oxygen atoms in total. The molecule has 0 unspecified atom stereocenters. The highest BCUT2D eigenvalue weighted by atomic mass is 32.1. The molecule has 3 aromatic rings. The molecule has 0 aliphatic heterocycles. The van der Waals surface area contributed by atoms with Gasteiger partial charge in [-0.15, -0.1) is 0 Å². The number of aryl methyl sites for hydroxylation is 1. The Morgan fingerprint density at radius 3 is 2.65 bits per heavy atom. The first-order valence-electron chi connectivity index (χ1n) is 8.74. The van der Waals surface area contributed by atoms with Gasteiger partial charge in [0.25, 0.3) is 5.91 Å². The summed E-state index contributed by atoms with van der Waals surface area (Å²) in [6.45, 7) is 7.47. The fraction of sp³-hybridized carbons (Fsp3) is 0.421. The van der Waals surface area contributed by atoms with E-state index in [1.54, 1.807) is 27.0 Å². The van der Waals surface area contributed by atoms with E-state index in [0.717, 1.165) is 21.9 Å². The summed E-state index contributed by atoms with van der Waals surface area (Å²) in [6.07, 6.45) is 1.85. The van der Waals surface area contributed by atoms with Crippen molar-refractivity contribution in [2.45, 2.75) is 26.8 Å². The zero-order chi connectivity index (χ0) is 18.8. The second-order valence-corrected chi connectivity index (χ2v) is 8.01. The molecule has 0 N–H and O–H groups in total. The molecule has 0 atom stereocenters. The van der Waals surface area contributed by atoms with Crippen LogP contribution in [-0.4, -0.2) is 52.8 Å². The smallest absolute Gasteiger partial charge is 0.280 e. The number of amides is 1. The predicted octanol–water partition coefficient (Wildman–Crippen LogP) is 3.59. The zero-order valence-electron chi connectivity index (χ0n) is 15.9. The van der Waals surface area contributed by atoms with Crippen molar-refractivity contribution < 1.29 is 4.79 Å². The molecule has 1 amide bonds. The van der Waals surface area contributed by atoms with E-state index >= 15 is 0 Å². The molecule has 2 aromatic heterocycles. The largest absolute Gasteiger partial charge is 0.308 e. The lowest BCUT2D eigenvalue weighted by molar-refractivity contribution is 0.0979. The number of benzene rings is 1. The molecule has 3 rings (SSSR count). The molecule has 0 aliphatic carbocycles. The first-order chi connectivity index (χ1) is 12.3. The van der Waals surface area contributed by atoms with Crippen LogP contribution in [0.15, 0.2) is 30.5 Å². The van der Waals surface area contributed by atoms with Gasteiger partial charge < -0.3 is 4.90 Å². The highest BCUT2D eigenvalue weighted by molar-refractivity contribution is 7.22. The zero-order valence-corrected chi connectivity index (χ0v) is 16.7. The van der Waals surface area contributed by atoms with Gasteiger partial charge in [0.2, 0.25) is 0 Å². The summed E-state index contributed by atoms with van der Waals surface area (Å²) in [7, 11) is 4.00. The molecular weight excluding hydrogens is 346 g/mol. The van der Waals surface area contributed by atoms with E-state index in [1.165, 1.54) is 5.56 Å². The van der Waals surface area contributed by atoms with E-state index < -0.39 is 0 Å². The normalized spacial score (nSPS) is 11.7. The summed E-state index contributed by atoms with van der Waals surface area (Å²) in [5.41, 5.74) is 2.56. The molecule has 7 heteroatoms. The topological polar surface area (TPSA) is 54.3 Å². The average Bonchev–Trinajstić information content (AvgIpc) is 3.20. The molecule has 0 radical (unpaired) electrons. The van der Waals surface area contributed by atoms with Crippen molar-refractivity contribution in [2.24, 2.45) is 0 Å². The van der Waals surface area contributed by atoms with Crippen molar-refractivity contribution in [1.29, 1.82) is 0 Å². The van der Waals surface area contributed by atoms with Crippen LogP contribution >= 0.6 is 11.3 Å². The van der Waals surface area contributed by atoms with E-state index in [9.17, 15) is 4.79 Å². The fourth-order valence-corrected chi connectivity index (χ4v) is 3.69. The summed E-state index contributed by atoms with van der Waals surface area (Å²) in [5, 5.41) is 5.16. The summed E-state index contributed by atoms with van der Waals surface area (Å²) in [5.74, 6) is -0.109. The van der Waals surface area contributed by atoms with Crippen LogP contribution in [0.1, 0.15) is 35.9 Å². The maximum Gasteiger partial charge on any atom is 0.280 e. The number of carbonyl (C=O) groups is 1. The minimum absolute atomic E-state index is 0.109. The number of aromatic nitrogens is 3. The van der Waals surface area contributed by atoms with Crippen LogP contribution < -0.4 is 4.90 Å². The minimum atomic E-state index is -0.109. The van der Waals surface area contributed by atoms with E-state index in [4.69, 9.17) is 4.98 Å². The van der Waals surface area contributed by atoms with Crippen molar-refractivity contribution in [2.75, 3.05) is 32.1 Å². The van der Waals surface area contributed by atoms with E-state index in [0.29, 0.717) is 12.2 Å². The number of anilines is 1. The van der Waals surface area contributed by atoms with Gasteiger partial charge in [-0.1, -0.05) is 17.4 Å². The van der Waals surface area contributed by atoms with Crippen molar-refractivity contribution in [3.8, 4) is 0 Å². The molecule has 0 bridgehead atoms. The molecule has 1 aromatic carbocycles. The molecule has 138 valence electrons. The van der Waals surface area contributed by atoms with Crippen LogP contribution in [0.25, 0.3) is 10.2 Å². The van der Waals surface area contributed by atoms with Gasteiger partial charge in [0, 0.05) is 25.3 Å². The number of likely N-dealkylation sites (N-methyl/N-ethyl adjacent to an activating group) is 1. The molecule has 2 heterocycles. The van der Waals surface area contributed by atoms with Crippen LogP contribution in [0.3, 0.4) is 0 Å². The molecule has 0 aliphatic rings. The van der Waals surface area contributed by atoms with Gasteiger partial charge in [0.15, 0.2) is 10.8 Å². The fourth-order valence-electron chi connectivity index (χ4n) is 2.60. The van der Waals surface area contributed by atoms with E-state index in [1.807, 2.05) is 46.3 Å². The number of nitrogens with zero attached hydrogens (tertiary/aromatic N) is 5. The van der Waals surface area contributed by atoms with Gasteiger partial charge in [0.05, 0.1) is 10.2 Å². The van der Waals surface area contributed by atoms with Crippen molar-refractivity contribution >= 4 is 32.6 Å². The van der Waals surface area contributed by atoms with Crippen LogP contribution in [0, 0.1) is 6.92 Å². The molecule has 0 fully saturated rings.